The minimum absolute atomic E-state index is 0.476. The van der Waals surface area contributed by atoms with Crippen molar-refractivity contribution >= 4 is 6.29 Å². The molecule has 114 valence electrons. The lowest BCUT2D eigenvalue weighted by Crippen LogP contribution is -2.01. The molecule has 2 rings (SSSR count). The Bertz CT molecular complexity index is 585. The molecule has 1 heterocycles. The highest BCUT2D eigenvalue weighted by atomic mass is 16.3. The van der Waals surface area contributed by atoms with E-state index in [9.17, 15) is 9.90 Å². The molecule has 1 atom stereocenters. The van der Waals surface area contributed by atoms with Crippen molar-refractivity contribution in [3.8, 4) is 0 Å². The molecule has 0 radical (unpaired) electrons. The van der Waals surface area contributed by atoms with Crippen LogP contribution in [-0.4, -0.2) is 42.4 Å². The van der Waals surface area contributed by atoms with Gasteiger partial charge >= 0.3 is 0 Å². The zero-order valence-electron chi connectivity index (χ0n) is 13.3. The summed E-state index contributed by atoms with van der Waals surface area (Å²) >= 11 is 0. The number of nitrogens with one attached hydrogen (secondary N) is 1. The Kier molecular flexibility index (Phi) is 6.34. The summed E-state index contributed by atoms with van der Waals surface area (Å²) < 4.78 is 0. The lowest BCUT2D eigenvalue weighted by atomic mass is 9.97. The van der Waals surface area contributed by atoms with Gasteiger partial charge in [0.25, 0.3) is 0 Å². The van der Waals surface area contributed by atoms with Crippen molar-refractivity contribution in [1.82, 2.24) is 9.88 Å². The molecule has 1 unspecified atom stereocenters. The third-order valence-electron chi connectivity index (χ3n) is 2.89. The molecule has 0 aliphatic carbocycles. The third kappa shape index (κ3) is 5.17. The summed E-state index contributed by atoms with van der Waals surface area (Å²) in [6, 6.07) is 7.59. The molecule has 0 saturated carbocycles. The van der Waals surface area contributed by atoms with Gasteiger partial charge in [-0.15, -0.1) is 0 Å². The van der Waals surface area contributed by atoms with E-state index < -0.39 is 6.10 Å². The van der Waals surface area contributed by atoms with Crippen LogP contribution in [0.5, 0.6) is 0 Å². The molecule has 4 nitrogen and oxygen atoms in total. The number of carbonyl (C=O) groups is 1. The topological polar surface area (TPSA) is 56.3 Å². The molecule has 0 fully saturated rings. The maximum atomic E-state index is 10.6. The van der Waals surface area contributed by atoms with E-state index in [2.05, 4.69) is 4.98 Å². The van der Waals surface area contributed by atoms with Crippen molar-refractivity contribution in [2.45, 2.75) is 20.0 Å². The largest absolute Gasteiger partial charge is 0.384 e. The number of aldehydes is 1. The Hall–Kier alpha value is -1.91. The van der Waals surface area contributed by atoms with Gasteiger partial charge in [0.05, 0.1) is 5.69 Å². The summed E-state index contributed by atoms with van der Waals surface area (Å²) in [6.45, 7) is 3.99. The number of aromatic nitrogens is 1. The van der Waals surface area contributed by atoms with Crippen molar-refractivity contribution in [2.75, 3.05) is 21.1 Å². The molecular weight excluding hydrogens is 264 g/mol. The molecule has 0 saturated heterocycles. The smallest absolute Gasteiger partial charge is 0.166 e. The average Bonchev–Trinajstić information content (AvgIpc) is 2.86. The molecule has 0 aliphatic heterocycles. The fraction of sp³-hybridized carbons (Fsp3) is 0.353. The molecule has 2 aromatic rings. The Morgan fingerprint density at radius 1 is 1.19 bits per heavy atom. The number of carbonyl (C=O) groups excluding carboxylic acids is 1. The molecule has 1 aromatic heterocycles. The number of hydrogen-bond acceptors (Lipinski definition) is 3. The van der Waals surface area contributed by atoms with E-state index in [1.54, 1.807) is 12.3 Å². The Balaban J connectivity index is 0.000000491. The van der Waals surface area contributed by atoms with Crippen LogP contribution in [0.1, 0.15) is 38.8 Å². The molecule has 1 aromatic carbocycles. The van der Waals surface area contributed by atoms with Gasteiger partial charge in [-0.2, -0.15) is 0 Å². The molecule has 0 aliphatic rings. The predicted molar refractivity (Wildman–Crippen MR) is 85.8 cm³/mol. The SMILES string of the molecule is CN(C)C.Cc1ccc(C(O)c2c[nH]c(C=O)c2)c(C)c1. The van der Waals surface area contributed by atoms with Crippen molar-refractivity contribution in [3.05, 3.63) is 58.4 Å². The maximum absolute atomic E-state index is 10.6. The second-order valence-corrected chi connectivity index (χ2v) is 5.61. The van der Waals surface area contributed by atoms with Gasteiger partial charge in [0.15, 0.2) is 6.29 Å². The van der Waals surface area contributed by atoms with Gasteiger partial charge in [-0.1, -0.05) is 23.8 Å². The van der Waals surface area contributed by atoms with Gasteiger partial charge in [0.2, 0.25) is 0 Å². The fourth-order valence-electron chi connectivity index (χ4n) is 1.97. The summed E-state index contributed by atoms with van der Waals surface area (Å²) in [4.78, 5) is 15.4. The van der Waals surface area contributed by atoms with Crippen molar-refractivity contribution in [1.29, 1.82) is 0 Å². The molecular formula is C17H24N2O2. The first-order chi connectivity index (χ1) is 9.85. The number of aliphatic hydroxyl groups excluding tert-OH is 1. The molecule has 2 N–H and O–H groups in total. The van der Waals surface area contributed by atoms with E-state index in [0.29, 0.717) is 11.3 Å². The highest BCUT2D eigenvalue weighted by Gasteiger charge is 2.14. The van der Waals surface area contributed by atoms with Gasteiger partial charge in [0.1, 0.15) is 6.10 Å². The van der Waals surface area contributed by atoms with Crippen LogP contribution in [0, 0.1) is 13.8 Å². The number of aromatic amines is 1. The Morgan fingerprint density at radius 3 is 2.29 bits per heavy atom. The maximum Gasteiger partial charge on any atom is 0.166 e. The number of nitrogens with zero attached hydrogens (tertiary/aromatic N) is 1. The van der Waals surface area contributed by atoms with Crippen LogP contribution in [0.15, 0.2) is 30.5 Å². The van der Waals surface area contributed by atoms with E-state index >= 15 is 0 Å². The van der Waals surface area contributed by atoms with E-state index in [0.717, 1.165) is 17.4 Å². The summed E-state index contributed by atoms with van der Waals surface area (Å²) in [5.41, 5.74) is 4.27. The van der Waals surface area contributed by atoms with Crippen molar-refractivity contribution in [2.24, 2.45) is 0 Å². The lowest BCUT2D eigenvalue weighted by molar-refractivity contribution is 0.111. The number of aliphatic hydroxyl groups is 1. The van der Waals surface area contributed by atoms with Gasteiger partial charge in [-0.25, -0.2) is 0 Å². The average molecular weight is 288 g/mol. The van der Waals surface area contributed by atoms with Crippen molar-refractivity contribution in [3.63, 3.8) is 0 Å². The number of H-pyrrole nitrogens is 1. The summed E-state index contributed by atoms with van der Waals surface area (Å²) in [5, 5.41) is 10.2. The van der Waals surface area contributed by atoms with Crippen LogP contribution < -0.4 is 0 Å². The van der Waals surface area contributed by atoms with Gasteiger partial charge in [-0.05, 0) is 52.2 Å². The standard InChI is InChI=1S/C14H15NO2.C3H9N/c1-9-3-4-13(10(2)5-9)14(17)11-6-12(8-16)15-7-11;1-4(2)3/h3-8,14-15,17H,1-2H3;1-3H3. The highest BCUT2D eigenvalue weighted by Crippen LogP contribution is 2.25. The van der Waals surface area contributed by atoms with E-state index in [-0.39, 0.29) is 0 Å². The number of rotatable bonds is 3. The van der Waals surface area contributed by atoms with E-state index in [1.807, 2.05) is 58.1 Å². The highest BCUT2D eigenvalue weighted by molar-refractivity contribution is 5.72. The molecule has 0 bridgehead atoms. The first-order valence-electron chi connectivity index (χ1n) is 6.84. The van der Waals surface area contributed by atoms with Crippen LogP contribution in [0.25, 0.3) is 0 Å². The summed E-state index contributed by atoms with van der Waals surface area (Å²) in [5.74, 6) is 0. The van der Waals surface area contributed by atoms with Gasteiger partial charge in [0, 0.05) is 11.8 Å². The summed E-state index contributed by atoms with van der Waals surface area (Å²) in [7, 11) is 6.00. The zero-order chi connectivity index (χ0) is 16.0. The minimum Gasteiger partial charge on any atom is -0.384 e. The van der Waals surface area contributed by atoms with Crippen LogP contribution in [0.3, 0.4) is 0 Å². The van der Waals surface area contributed by atoms with Gasteiger partial charge in [-0.3, -0.25) is 4.79 Å². The second-order valence-electron chi connectivity index (χ2n) is 5.61. The molecule has 0 amide bonds. The molecule has 4 heteroatoms. The first kappa shape index (κ1) is 17.1. The Labute approximate surface area is 126 Å². The fourth-order valence-corrected chi connectivity index (χ4v) is 1.97. The van der Waals surface area contributed by atoms with Crippen LogP contribution >= 0.6 is 0 Å². The van der Waals surface area contributed by atoms with Crippen molar-refractivity contribution < 1.29 is 9.90 Å². The van der Waals surface area contributed by atoms with E-state index in [1.165, 1.54) is 5.56 Å². The van der Waals surface area contributed by atoms with Crippen LogP contribution in [-0.2, 0) is 0 Å². The zero-order valence-corrected chi connectivity index (χ0v) is 13.3. The predicted octanol–water partition coefficient (Wildman–Crippen LogP) is 2.70. The summed E-state index contributed by atoms with van der Waals surface area (Å²) in [6.07, 6.45) is 1.70. The van der Waals surface area contributed by atoms with Crippen LogP contribution in [0.2, 0.25) is 0 Å². The minimum atomic E-state index is -0.694. The van der Waals surface area contributed by atoms with Crippen LogP contribution in [0.4, 0.5) is 0 Å². The first-order valence-corrected chi connectivity index (χ1v) is 6.84. The quantitative estimate of drug-likeness (QED) is 0.854. The number of benzene rings is 1. The normalized spacial score (nSPS) is 11.8. The molecule has 0 spiro atoms. The molecule has 21 heavy (non-hydrogen) atoms. The Morgan fingerprint density at radius 2 is 1.81 bits per heavy atom. The number of hydrogen-bond donors (Lipinski definition) is 2. The monoisotopic (exact) mass is 288 g/mol. The van der Waals surface area contributed by atoms with Gasteiger partial charge < -0.3 is 15.0 Å². The third-order valence-corrected chi connectivity index (χ3v) is 2.89. The number of aryl methyl sites for hydroxylation is 2. The second kappa shape index (κ2) is 7.76. The van der Waals surface area contributed by atoms with E-state index in [4.69, 9.17) is 0 Å². The lowest BCUT2D eigenvalue weighted by Gasteiger charge is -2.12.